The first-order valence-corrected chi connectivity index (χ1v) is 11.4. The van der Waals surface area contributed by atoms with E-state index in [1.807, 2.05) is 59.5 Å². The smallest absolute Gasteiger partial charge is 0.317 e. The molecule has 3 amide bonds. The first-order chi connectivity index (χ1) is 15.2. The molecule has 0 atom stereocenters. The van der Waals surface area contributed by atoms with E-state index in [4.69, 9.17) is 4.74 Å². The van der Waals surface area contributed by atoms with Crippen molar-refractivity contribution in [3.05, 3.63) is 54.6 Å². The van der Waals surface area contributed by atoms with Crippen LogP contribution in [0, 0.1) is 5.92 Å². The van der Waals surface area contributed by atoms with Crippen molar-refractivity contribution in [1.82, 2.24) is 10.2 Å². The Hall–Kier alpha value is -3.02. The summed E-state index contributed by atoms with van der Waals surface area (Å²) in [5.41, 5.74) is 0.753. The Kier molecular flexibility index (Phi) is 7.07. The Bertz CT molecular complexity index is 855. The Balaban J connectivity index is 1.22. The highest BCUT2D eigenvalue weighted by Crippen LogP contribution is 2.24. The van der Waals surface area contributed by atoms with E-state index < -0.39 is 0 Å². The van der Waals surface area contributed by atoms with Crippen molar-refractivity contribution in [2.45, 2.75) is 51.0 Å². The molecule has 6 heteroatoms. The number of nitrogens with zero attached hydrogens (tertiary/aromatic N) is 1. The highest BCUT2D eigenvalue weighted by Gasteiger charge is 2.28. The summed E-state index contributed by atoms with van der Waals surface area (Å²) in [5, 5.41) is 6.17. The number of carbonyl (C=O) groups excluding carboxylic acids is 2. The molecule has 0 unspecified atom stereocenters. The molecule has 2 aromatic rings. The molecule has 6 nitrogen and oxygen atoms in total. The molecule has 1 aliphatic heterocycles. The number of hydrogen-bond donors (Lipinski definition) is 2. The van der Waals surface area contributed by atoms with Crippen LogP contribution < -0.4 is 15.4 Å². The predicted octanol–water partition coefficient (Wildman–Crippen LogP) is 5.17. The van der Waals surface area contributed by atoms with Gasteiger partial charge in [0.25, 0.3) is 0 Å². The number of benzene rings is 2. The van der Waals surface area contributed by atoms with Crippen LogP contribution in [0.3, 0.4) is 0 Å². The fourth-order valence-electron chi connectivity index (χ4n) is 4.33. The number of nitrogens with one attached hydrogen (secondary N) is 2. The van der Waals surface area contributed by atoms with Gasteiger partial charge in [0, 0.05) is 30.7 Å². The number of rotatable bonds is 5. The largest absolute Gasteiger partial charge is 0.457 e. The zero-order valence-electron chi connectivity index (χ0n) is 17.9. The summed E-state index contributed by atoms with van der Waals surface area (Å²) in [7, 11) is 0. The third-order valence-electron chi connectivity index (χ3n) is 6.19. The standard InChI is InChI=1S/C25H31N3O3/c29-24(26-21-11-13-23(14-12-21)31-22-9-5-2-6-10-22)19-15-17-28(18-16-19)25(30)27-20-7-3-1-4-8-20/h2,5-6,9-14,19-20H,1,3-4,7-8,15-18H2,(H,26,29)(H,27,30). The van der Waals surface area contributed by atoms with Gasteiger partial charge in [0.2, 0.25) is 5.91 Å². The number of para-hydroxylation sites is 1. The lowest BCUT2D eigenvalue weighted by atomic mass is 9.95. The van der Waals surface area contributed by atoms with Gasteiger partial charge in [0.1, 0.15) is 11.5 Å². The van der Waals surface area contributed by atoms with E-state index in [0.717, 1.165) is 30.0 Å². The molecule has 1 saturated heterocycles. The van der Waals surface area contributed by atoms with Crippen LogP contribution in [-0.2, 0) is 4.79 Å². The highest BCUT2D eigenvalue weighted by molar-refractivity contribution is 5.92. The third-order valence-corrected chi connectivity index (χ3v) is 6.19. The number of hydrogen-bond acceptors (Lipinski definition) is 3. The fraction of sp³-hybridized carbons (Fsp3) is 0.440. The average Bonchev–Trinajstić information content (AvgIpc) is 2.82. The van der Waals surface area contributed by atoms with Gasteiger partial charge >= 0.3 is 6.03 Å². The van der Waals surface area contributed by atoms with Crippen LogP contribution >= 0.6 is 0 Å². The maximum absolute atomic E-state index is 12.7. The summed E-state index contributed by atoms with van der Waals surface area (Å²) >= 11 is 0. The normalized spacial score (nSPS) is 17.7. The Labute approximate surface area is 184 Å². The Morgan fingerprint density at radius 2 is 1.45 bits per heavy atom. The average molecular weight is 422 g/mol. The van der Waals surface area contributed by atoms with Gasteiger partial charge in [-0.25, -0.2) is 4.79 Å². The number of anilines is 1. The quantitative estimate of drug-likeness (QED) is 0.699. The number of urea groups is 1. The first kappa shape index (κ1) is 21.2. The van der Waals surface area contributed by atoms with E-state index in [0.29, 0.717) is 32.0 Å². The number of carbonyl (C=O) groups is 2. The van der Waals surface area contributed by atoms with Crippen LogP contribution in [0.4, 0.5) is 10.5 Å². The number of amides is 3. The van der Waals surface area contributed by atoms with Crippen LogP contribution in [0.1, 0.15) is 44.9 Å². The van der Waals surface area contributed by atoms with Gasteiger partial charge < -0.3 is 20.3 Å². The van der Waals surface area contributed by atoms with Crippen LogP contribution in [0.25, 0.3) is 0 Å². The van der Waals surface area contributed by atoms with E-state index in [2.05, 4.69) is 10.6 Å². The summed E-state index contributed by atoms with van der Waals surface area (Å²) in [6.07, 6.45) is 7.23. The molecule has 1 aliphatic carbocycles. The minimum absolute atomic E-state index is 0.0177. The lowest BCUT2D eigenvalue weighted by Gasteiger charge is -2.33. The van der Waals surface area contributed by atoms with Gasteiger partial charge in [0.15, 0.2) is 0 Å². The molecule has 4 rings (SSSR count). The van der Waals surface area contributed by atoms with Crippen molar-refractivity contribution in [1.29, 1.82) is 0 Å². The summed E-state index contributed by atoms with van der Waals surface area (Å²) in [6, 6.07) is 17.3. The lowest BCUT2D eigenvalue weighted by molar-refractivity contribution is -0.121. The first-order valence-electron chi connectivity index (χ1n) is 11.4. The molecule has 1 heterocycles. The zero-order chi connectivity index (χ0) is 21.5. The van der Waals surface area contributed by atoms with Gasteiger partial charge in [0.05, 0.1) is 0 Å². The van der Waals surface area contributed by atoms with Gasteiger partial charge in [-0.15, -0.1) is 0 Å². The summed E-state index contributed by atoms with van der Waals surface area (Å²) < 4.78 is 5.79. The van der Waals surface area contributed by atoms with Crippen molar-refractivity contribution in [3.63, 3.8) is 0 Å². The molecule has 0 spiro atoms. The summed E-state index contributed by atoms with van der Waals surface area (Å²) in [5.74, 6) is 1.45. The second-order valence-electron chi connectivity index (χ2n) is 8.47. The van der Waals surface area contributed by atoms with Gasteiger partial charge in [-0.3, -0.25) is 4.79 Å². The molecule has 2 fully saturated rings. The predicted molar refractivity (Wildman–Crippen MR) is 121 cm³/mol. The fourth-order valence-corrected chi connectivity index (χ4v) is 4.33. The SMILES string of the molecule is O=C(Nc1ccc(Oc2ccccc2)cc1)C1CCN(C(=O)NC2CCCCC2)CC1. The Morgan fingerprint density at radius 1 is 0.806 bits per heavy atom. The number of likely N-dealkylation sites (tertiary alicyclic amines) is 1. The van der Waals surface area contributed by atoms with E-state index in [9.17, 15) is 9.59 Å². The third kappa shape index (κ3) is 6.00. The topological polar surface area (TPSA) is 70.7 Å². The maximum atomic E-state index is 12.7. The van der Waals surface area contributed by atoms with Gasteiger partial charge in [-0.1, -0.05) is 37.5 Å². The molecule has 0 bridgehead atoms. The molecule has 0 aromatic heterocycles. The molecule has 0 radical (unpaired) electrons. The van der Waals surface area contributed by atoms with Crippen LogP contribution in [0.2, 0.25) is 0 Å². The molecule has 2 aromatic carbocycles. The highest BCUT2D eigenvalue weighted by atomic mass is 16.5. The lowest BCUT2D eigenvalue weighted by Crippen LogP contribution is -2.49. The van der Waals surface area contributed by atoms with Crippen molar-refractivity contribution in [2.24, 2.45) is 5.92 Å². The molecule has 2 N–H and O–H groups in total. The molecule has 2 aliphatic rings. The molecular weight excluding hydrogens is 390 g/mol. The second kappa shape index (κ2) is 10.3. The molecular formula is C25H31N3O3. The monoisotopic (exact) mass is 421 g/mol. The number of ether oxygens (including phenoxy) is 1. The molecule has 1 saturated carbocycles. The summed E-state index contributed by atoms with van der Waals surface area (Å²) in [4.78, 5) is 27.0. The minimum atomic E-state index is -0.0704. The summed E-state index contributed by atoms with van der Waals surface area (Å²) in [6.45, 7) is 1.25. The van der Waals surface area contributed by atoms with Crippen molar-refractivity contribution < 1.29 is 14.3 Å². The molecule has 164 valence electrons. The van der Waals surface area contributed by atoms with Crippen molar-refractivity contribution in [2.75, 3.05) is 18.4 Å². The van der Waals surface area contributed by atoms with Crippen molar-refractivity contribution >= 4 is 17.6 Å². The van der Waals surface area contributed by atoms with E-state index >= 15 is 0 Å². The van der Waals surface area contributed by atoms with Crippen LogP contribution in [-0.4, -0.2) is 36.0 Å². The number of piperidine rings is 1. The molecule has 31 heavy (non-hydrogen) atoms. The van der Waals surface area contributed by atoms with E-state index in [-0.39, 0.29) is 17.9 Å². The van der Waals surface area contributed by atoms with Gasteiger partial charge in [-0.2, -0.15) is 0 Å². The minimum Gasteiger partial charge on any atom is -0.457 e. The van der Waals surface area contributed by atoms with Crippen molar-refractivity contribution in [3.8, 4) is 11.5 Å². The van der Waals surface area contributed by atoms with Crippen LogP contribution in [0.5, 0.6) is 11.5 Å². The maximum Gasteiger partial charge on any atom is 0.317 e. The second-order valence-corrected chi connectivity index (χ2v) is 8.47. The van der Waals surface area contributed by atoms with Gasteiger partial charge in [-0.05, 0) is 62.1 Å². The Morgan fingerprint density at radius 3 is 2.13 bits per heavy atom. The zero-order valence-corrected chi connectivity index (χ0v) is 17.9. The van der Waals surface area contributed by atoms with Crippen LogP contribution in [0.15, 0.2) is 54.6 Å². The van der Waals surface area contributed by atoms with E-state index in [1.54, 1.807) is 0 Å². The van der Waals surface area contributed by atoms with E-state index in [1.165, 1.54) is 19.3 Å².